The minimum atomic E-state index is -0.711. The van der Waals surface area contributed by atoms with Crippen molar-refractivity contribution >= 4 is 29.4 Å². The number of aromatic nitrogens is 2. The van der Waals surface area contributed by atoms with E-state index in [9.17, 15) is 14.7 Å². The van der Waals surface area contributed by atoms with E-state index < -0.39 is 23.5 Å². The molecule has 0 saturated heterocycles. The molecule has 32 heavy (non-hydrogen) atoms. The molecule has 6 nitrogen and oxygen atoms in total. The fourth-order valence-electron chi connectivity index (χ4n) is 3.83. The summed E-state index contributed by atoms with van der Waals surface area (Å²) in [5, 5.41) is 11.2. The van der Waals surface area contributed by atoms with Gasteiger partial charge >= 0.3 is 0 Å². The van der Waals surface area contributed by atoms with Crippen molar-refractivity contribution in [1.82, 2.24) is 14.5 Å². The molecule has 4 rings (SSSR count). The van der Waals surface area contributed by atoms with E-state index in [2.05, 4.69) is 4.98 Å². The first-order valence-electron chi connectivity index (χ1n) is 10.3. The number of allylic oxidation sites excluding steroid dienone is 1. The molecule has 1 unspecified atom stereocenters. The molecule has 2 aromatic carbocycles. The number of nitrogens with zero attached hydrogens (tertiary/aromatic N) is 3. The molecule has 0 radical (unpaired) electrons. The van der Waals surface area contributed by atoms with E-state index in [4.69, 9.17) is 11.6 Å². The minimum absolute atomic E-state index is 0.0621. The second-order valence-corrected chi connectivity index (χ2v) is 7.92. The third-order valence-electron chi connectivity index (χ3n) is 5.33. The molecule has 1 aliphatic rings. The molecule has 1 N–H and O–H groups in total. The Hall–Kier alpha value is -3.64. The van der Waals surface area contributed by atoms with Crippen LogP contribution in [0.3, 0.4) is 0 Å². The first-order valence-corrected chi connectivity index (χ1v) is 10.6. The van der Waals surface area contributed by atoms with Crippen molar-refractivity contribution < 1.29 is 14.7 Å². The predicted octanol–water partition coefficient (Wildman–Crippen LogP) is 4.60. The lowest BCUT2D eigenvalue weighted by atomic mass is 9.95. The van der Waals surface area contributed by atoms with Gasteiger partial charge in [0.15, 0.2) is 11.5 Å². The van der Waals surface area contributed by atoms with E-state index in [1.165, 1.54) is 11.0 Å². The number of imidazole rings is 1. The number of carbonyl (C=O) groups excluding carboxylic acids is 2. The van der Waals surface area contributed by atoms with E-state index in [-0.39, 0.29) is 5.57 Å². The molecule has 7 heteroatoms. The maximum atomic E-state index is 13.1. The molecule has 0 spiro atoms. The molecule has 0 saturated carbocycles. The number of benzene rings is 2. The van der Waals surface area contributed by atoms with Crippen LogP contribution in [0.15, 0.2) is 90.7 Å². The highest BCUT2D eigenvalue weighted by Crippen LogP contribution is 2.38. The van der Waals surface area contributed by atoms with Crippen molar-refractivity contribution in [3.8, 4) is 0 Å². The Kier molecular flexibility index (Phi) is 6.52. The fourth-order valence-corrected chi connectivity index (χ4v) is 4.03. The van der Waals surface area contributed by atoms with Gasteiger partial charge in [-0.1, -0.05) is 60.1 Å². The maximum Gasteiger partial charge on any atom is 0.290 e. The van der Waals surface area contributed by atoms with Crippen molar-refractivity contribution in [3.05, 3.63) is 107 Å². The van der Waals surface area contributed by atoms with Crippen LogP contribution in [-0.4, -0.2) is 37.8 Å². The highest BCUT2D eigenvalue weighted by Gasteiger charge is 2.42. The Balaban J connectivity index is 1.62. The number of rotatable bonds is 8. The maximum absolute atomic E-state index is 13.1. The number of carbonyl (C=O) groups is 2. The van der Waals surface area contributed by atoms with Gasteiger partial charge in [-0.2, -0.15) is 0 Å². The summed E-state index contributed by atoms with van der Waals surface area (Å²) in [6.07, 6.45) is 8.94. The van der Waals surface area contributed by atoms with Gasteiger partial charge in [-0.15, -0.1) is 0 Å². The number of aliphatic hydroxyl groups excluding tert-OH is 1. The summed E-state index contributed by atoms with van der Waals surface area (Å²) in [5.74, 6) is -1.49. The number of amides is 1. The minimum Gasteiger partial charge on any atom is -0.503 e. The summed E-state index contributed by atoms with van der Waals surface area (Å²) in [4.78, 5) is 31.6. The van der Waals surface area contributed by atoms with Crippen molar-refractivity contribution in [1.29, 1.82) is 0 Å². The Bertz CT molecular complexity index is 1170. The first kappa shape index (κ1) is 21.6. The van der Waals surface area contributed by atoms with E-state index in [0.717, 1.165) is 5.56 Å². The van der Waals surface area contributed by atoms with Gasteiger partial charge in [0.1, 0.15) is 0 Å². The van der Waals surface area contributed by atoms with Gasteiger partial charge in [-0.3, -0.25) is 9.59 Å². The predicted molar refractivity (Wildman–Crippen MR) is 123 cm³/mol. The third kappa shape index (κ3) is 4.65. The Labute approximate surface area is 191 Å². The van der Waals surface area contributed by atoms with Crippen LogP contribution >= 0.6 is 11.6 Å². The van der Waals surface area contributed by atoms with Gasteiger partial charge < -0.3 is 14.6 Å². The van der Waals surface area contributed by atoms with Crippen LogP contribution in [0.2, 0.25) is 5.02 Å². The molecule has 1 aliphatic heterocycles. The molecule has 1 aromatic heterocycles. The highest BCUT2D eigenvalue weighted by molar-refractivity contribution is 6.30. The van der Waals surface area contributed by atoms with Crippen LogP contribution in [0.25, 0.3) is 6.08 Å². The zero-order chi connectivity index (χ0) is 22.5. The van der Waals surface area contributed by atoms with Crippen molar-refractivity contribution in [2.24, 2.45) is 0 Å². The van der Waals surface area contributed by atoms with Crippen LogP contribution in [0.5, 0.6) is 0 Å². The van der Waals surface area contributed by atoms with Crippen LogP contribution in [0.1, 0.15) is 23.6 Å². The van der Waals surface area contributed by atoms with E-state index in [0.29, 0.717) is 30.1 Å². The number of halogens is 1. The molecule has 1 amide bonds. The number of ketones is 1. The summed E-state index contributed by atoms with van der Waals surface area (Å²) < 4.78 is 1.91. The van der Waals surface area contributed by atoms with Gasteiger partial charge in [-0.25, -0.2) is 4.98 Å². The quantitative estimate of drug-likeness (QED) is 0.512. The topological polar surface area (TPSA) is 75.4 Å². The smallest absolute Gasteiger partial charge is 0.290 e. The Morgan fingerprint density at radius 2 is 1.94 bits per heavy atom. The lowest BCUT2D eigenvalue weighted by molar-refractivity contribution is -0.129. The van der Waals surface area contributed by atoms with Gasteiger partial charge in [0.25, 0.3) is 5.91 Å². The third-order valence-corrected chi connectivity index (χ3v) is 5.57. The van der Waals surface area contributed by atoms with Gasteiger partial charge in [0, 0.05) is 30.5 Å². The molecule has 3 aromatic rings. The lowest BCUT2D eigenvalue weighted by Gasteiger charge is -2.26. The highest BCUT2D eigenvalue weighted by atomic mass is 35.5. The average molecular weight is 448 g/mol. The summed E-state index contributed by atoms with van der Waals surface area (Å²) in [6, 6.07) is 15.7. The zero-order valence-electron chi connectivity index (χ0n) is 17.3. The molecule has 2 heterocycles. The van der Waals surface area contributed by atoms with Crippen LogP contribution in [-0.2, 0) is 16.1 Å². The van der Waals surface area contributed by atoms with Gasteiger partial charge in [0.2, 0.25) is 0 Å². The largest absolute Gasteiger partial charge is 0.503 e. The summed E-state index contributed by atoms with van der Waals surface area (Å²) >= 11 is 6.19. The SMILES string of the molecule is O=C(C=Cc1ccccc1)C1=C(O)C(=O)N(CCCn2ccnc2)C1c1cccc(Cl)c1. The molecule has 0 aliphatic carbocycles. The number of hydrogen-bond donors (Lipinski definition) is 1. The Morgan fingerprint density at radius 3 is 2.66 bits per heavy atom. The van der Waals surface area contributed by atoms with Crippen molar-refractivity contribution in [2.45, 2.75) is 19.0 Å². The number of hydrogen-bond acceptors (Lipinski definition) is 4. The monoisotopic (exact) mass is 447 g/mol. The summed E-state index contributed by atoms with van der Waals surface area (Å²) in [5.41, 5.74) is 1.59. The van der Waals surface area contributed by atoms with Crippen LogP contribution in [0, 0.1) is 0 Å². The standard InChI is InChI=1S/C25H22ClN3O3/c26-20-9-4-8-19(16-20)23-22(21(30)11-10-18-6-2-1-3-7-18)24(31)25(32)29(23)14-5-13-28-15-12-27-17-28/h1-4,6-12,15-17,23,31H,5,13-14H2. The molecular formula is C25H22ClN3O3. The number of aryl methyl sites for hydroxylation is 1. The first-order chi connectivity index (χ1) is 15.5. The normalized spacial score (nSPS) is 16.3. The lowest BCUT2D eigenvalue weighted by Crippen LogP contribution is -2.32. The van der Waals surface area contributed by atoms with Gasteiger partial charge in [-0.05, 0) is 35.8 Å². The molecule has 0 bridgehead atoms. The van der Waals surface area contributed by atoms with Crippen molar-refractivity contribution in [3.63, 3.8) is 0 Å². The van der Waals surface area contributed by atoms with Gasteiger partial charge in [0.05, 0.1) is 17.9 Å². The Morgan fingerprint density at radius 1 is 1.12 bits per heavy atom. The molecule has 162 valence electrons. The van der Waals surface area contributed by atoms with Crippen molar-refractivity contribution in [2.75, 3.05) is 6.54 Å². The molecule has 0 fully saturated rings. The average Bonchev–Trinajstić information content (AvgIpc) is 3.40. The van der Waals surface area contributed by atoms with E-state index in [1.54, 1.807) is 42.9 Å². The fraction of sp³-hybridized carbons (Fsp3) is 0.160. The summed E-state index contributed by atoms with van der Waals surface area (Å²) in [7, 11) is 0. The van der Waals surface area contributed by atoms with Crippen LogP contribution < -0.4 is 0 Å². The van der Waals surface area contributed by atoms with Crippen LogP contribution in [0.4, 0.5) is 0 Å². The second-order valence-electron chi connectivity index (χ2n) is 7.48. The number of aliphatic hydroxyl groups is 1. The summed E-state index contributed by atoms with van der Waals surface area (Å²) in [6.45, 7) is 1.02. The van der Waals surface area contributed by atoms with E-state index >= 15 is 0 Å². The second kappa shape index (κ2) is 9.66. The zero-order valence-corrected chi connectivity index (χ0v) is 18.0. The van der Waals surface area contributed by atoms with E-state index in [1.807, 2.05) is 41.1 Å². The molecular weight excluding hydrogens is 426 g/mol. The molecule has 1 atom stereocenters.